The zero-order valence-corrected chi connectivity index (χ0v) is 18.5. The highest BCUT2D eigenvalue weighted by Crippen LogP contribution is 2.25. The first-order chi connectivity index (χ1) is 15.7. The monoisotopic (exact) mass is 438 g/mol. The van der Waals surface area contributed by atoms with Crippen molar-refractivity contribution in [1.82, 2.24) is 24.9 Å². The molecule has 7 nitrogen and oxygen atoms in total. The molecule has 0 radical (unpaired) electrons. The van der Waals surface area contributed by atoms with Crippen LogP contribution in [-0.2, 0) is 4.79 Å². The highest BCUT2D eigenvalue weighted by molar-refractivity contribution is 5.78. The second-order valence-corrected chi connectivity index (χ2v) is 9.05. The van der Waals surface area contributed by atoms with Crippen LogP contribution in [0, 0.1) is 5.82 Å². The number of carbonyl (C=O) groups excluding carboxylic acids is 1. The van der Waals surface area contributed by atoms with Gasteiger partial charge in [0.25, 0.3) is 0 Å². The number of hydrogen-bond donors (Lipinski definition) is 0. The van der Waals surface area contributed by atoms with E-state index in [2.05, 4.69) is 24.9 Å². The molecule has 1 aliphatic carbocycles. The minimum absolute atomic E-state index is 0.256. The third-order valence-corrected chi connectivity index (χ3v) is 7.08. The van der Waals surface area contributed by atoms with Crippen LogP contribution >= 0.6 is 0 Å². The molecule has 1 aromatic heterocycles. The van der Waals surface area contributed by atoms with Crippen molar-refractivity contribution < 1.29 is 9.18 Å². The van der Waals surface area contributed by atoms with E-state index in [-0.39, 0.29) is 11.7 Å². The Bertz CT molecular complexity index is 918. The summed E-state index contributed by atoms with van der Waals surface area (Å²) in [5, 5.41) is 8.64. The van der Waals surface area contributed by atoms with E-state index in [1.807, 2.05) is 23.1 Å². The lowest BCUT2D eigenvalue weighted by molar-refractivity contribution is -0.134. The van der Waals surface area contributed by atoms with Crippen LogP contribution in [0.1, 0.15) is 19.3 Å². The van der Waals surface area contributed by atoms with Crippen molar-refractivity contribution in [3.05, 3.63) is 42.2 Å². The first kappa shape index (κ1) is 21.3. The molecule has 2 aromatic rings. The fraction of sp³-hybridized carbons (Fsp3) is 0.542. The molecule has 0 atom stereocenters. The van der Waals surface area contributed by atoms with E-state index in [9.17, 15) is 9.18 Å². The Morgan fingerprint density at radius 3 is 2.34 bits per heavy atom. The number of aromatic nitrogens is 2. The molecule has 2 saturated heterocycles. The third-order valence-electron chi connectivity index (χ3n) is 7.08. The van der Waals surface area contributed by atoms with Crippen LogP contribution in [0.2, 0.25) is 0 Å². The molecular formula is C24H31FN6O. The summed E-state index contributed by atoms with van der Waals surface area (Å²) in [4.78, 5) is 21.8. The van der Waals surface area contributed by atoms with E-state index in [0.29, 0.717) is 12.2 Å². The summed E-state index contributed by atoms with van der Waals surface area (Å²) in [6.07, 6.45) is 4.02. The van der Waals surface area contributed by atoms with Gasteiger partial charge in [0.05, 0.1) is 12.2 Å². The standard InChI is InChI=1S/C24H31FN6O/c25-20-4-1-3-19(17-20)22-7-8-23(27-26-22)30-11-9-28(10-12-30)18-24(32)31-15-13-29(14-16-31)21-5-2-6-21/h1,3-4,7-8,17,21H,2,5-6,9-16,18H2. The average Bonchev–Trinajstić information content (AvgIpc) is 2.79. The summed E-state index contributed by atoms with van der Waals surface area (Å²) in [6.45, 7) is 7.57. The van der Waals surface area contributed by atoms with Crippen LogP contribution in [0.25, 0.3) is 11.3 Å². The first-order valence-corrected chi connectivity index (χ1v) is 11.7. The van der Waals surface area contributed by atoms with Crippen LogP contribution in [0.4, 0.5) is 10.2 Å². The molecule has 3 aliphatic rings. The van der Waals surface area contributed by atoms with Gasteiger partial charge in [0.2, 0.25) is 5.91 Å². The van der Waals surface area contributed by atoms with Gasteiger partial charge in [-0.1, -0.05) is 18.6 Å². The van der Waals surface area contributed by atoms with Crippen LogP contribution < -0.4 is 4.90 Å². The summed E-state index contributed by atoms with van der Waals surface area (Å²) < 4.78 is 13.4. The Hall–Kier alpha value is -2.58. The molecule has 1 amide bonds. The number of anilines is 1. The maximum atomic E-state index is 13.4. The zero-order valence-electron chi connectivity index (χ0n) is 18.5. The van der Waals surface area contributed by atoms with Gasteiger partial charge in [-0.25, -0.2) is 4.39 Å². The smallest absolute Gasteiger partial charge is 0.236 e. The number of benzene rings is 1. The van der Waals surface area contributed by atoms with Crippen molar-refractivity contribution in [3.8, 4) is 11.3 Å². The quantitative estimate of drug-likeness (QED) is 0.713. The first-order valence-electron chi connectivity index (χ1n) is 11.7. The highest BCUT2D eigenvalue weighted by Gasteiger charge is 2.30. The van der Waals surface area contributed by atoms with Crippen LogP contribution in [0.5, 0.6) is 0 Å². The van der Waals surface area contributed by atoms with Gasteiger partial charge in [-0.3, -0.25) is 14.6 Å². The third kappa shape index (κ3) is 4.76. The number of hydrogen-bond acceptors (Lipinski definition) is 6. The van der Waals surface area contributed by atoms with Crippen molar-refractivity contribution in [2.45, 2.75) is 25.3 Å². The minimum Gasteiger partial charge on any atom is -0.353 e. The molecule has 3 heterocycles. The predicted octanol–water partition coefficient (Wildman–Crippen LogP) is 2.10. The normalized spacial score (nSPS) is 20.9. The van der Waals surface area contributed by atoms with E-state index in [4.69, 9.17) is 0 Å². The summed E-state index contributed by atoms with van der Waals surface area (Å²) in [6, 6.07) is 11.0. The largest absolute Gasteiger partial charge is 0.353 e. The molecule has 0 unspecified atom stereocenters. The van der Waals surface area contributed by atoms with E-state index < -0.39 is 0 Å². The molecule has 0 spiro atoms. The number of amides is 1. The van der Waals surface area contributed by atoms with E-state index >= 15 is 0 Å². The summed E-state index contributed by atoms with van der Waals surface area (Å²) in [5.74, 6) is 0.800. The zero-order chi connectivity index (χ0) is 21.9. The van der Waals surface area contributed by atoms with Crippen molar-refractivity contribution in [2.75, 3.05) is 63.8 Å². The lowest BCUT2D eigenvalue weighted by Crippen LogP contribution is -2.56. The van der Waals surface area contributed by atoms with Gasteiger partial charge in [0, 0.05) is 64.0 Å². The minimum atomic E-state index is -0.278. The summed E-state index contributed by atoms with van der Waals surface area (Å²) in [7, 11) is 0. The van der Waals surface area contributed by atoms with Gasteiger partial charge in [-0.2, -0.15) is 0 Å². The Labute approximate surface area is 188 Å². The Kier molecular flexibility index (Phi) is 6.32. The Morgan fingerprint density at radius 2 is 1.72 bits per heavy atom. The number of nitrogens with zero attached hydrogens (tertiary/aromatic N) is 6. The molecule has 3 fully saturated rings. The van der Waals surface area contributed by atoms with Crippen molar-refractivity contribution >= 4 is 11.7 Å². The summed E-state index contributed by atoms with van der Waals surface area (Å²) in [5.41, 5.74) is 1.38. The molecule has 1 saturated carbocycles. The van der Waals surface area contributed by atoms with E-state index in [0.717, 1.165) is 69.8 Å². The van der Waals surface area contributed by atoms with Gasteiger partial charge in [0.1, 0.15) is 5.82 Å². The maximum absolute atomic E-state index is 13.4. The second-order valence-electron chi connectivity index (χ2n) is 9.05. The van der Waals surface area contributed by atoms with Gasteiger partial charge in [-0.05, 0) is 37.1 Å². The molecule has 0 N–H and O–H groups in total. The molecule has 0 bridgehead atoms. The predicted molar refractivity (Wildman–Crippen MR) is 122 cm³/mol. The summed E-state index contributed by atoms with van der Waals surface area (Å²) >= 11 is 0. The van der Waals surface area contributed by atoms with E-state index in [1.54, 1.807) is 6.07 Å². The van der Waals surface area contributed by atoms with Crippen molar-refractivity contribution in [3.63, 3.8) is 0 Å². The topological polar surface area (TPSA) is 55.8 Å². The Morgan fingerprint density at radius 1 is 0.938 bits per heavy atom. The number of carbonyl (C=O) groups is 1. The number of halogens is 1. The number of rotatable bonds is 5. The molecule has 5 rings (SSSR count). The molecule has 1 aromatic carbocycles. The van der Waals surface area contributed by atoms with Gasteiger partial charge < -0.3 is 9.80 Å². The van der Waals surface area contributed by atoms with Crippen LogP contribution in [-0.4, -0.2) is 95.7 Å². The SMILES string of the molecule is O=C(CN1CCN(c2ccc(-c3cccc(F)c3)nn2)CC1)N1CCN(C2CCC2)CC1. The van der Waals surface area contributed by atoms with Crippen molar-refractivity contribution in [2.24, 2.45) is 0 Å². The van der Waals surface area contributed by atoms with Crippen molar-refractivity contribution in [1.29, 1.82) is 0 Å². The molecular weight excluding hydrogens is 407 g/mol. The second kappa shape index (κ2) is 9.50. The van der Waals surface area contributed by atoms with E-state index in [1.165, 1.54) is 31.4 Å². The molecule has 2 aliphatic heterocycles. The van der Waals surface area contributed by atoms with Gasteiger partial charge in [-0.15, -0.1) is 10.2 Å². The van der Waals surface area contributed by atoms with Crippen LogP contribution in [0.15, 0.2) is 36.4 Å². The van der Waals surface area contributed by atoms with Crippen LogP contribution in [0.3, 0.4) is 0 Å². The Balaban J connectivity index is 1.08. The lowest BCUT2D eigenvalue weighted by atomic mass is 9.91. The fourth-order valence-electron chi connectivity index (χ4n) is 4.81. The fourth-order valence-corrected chi connectivity index (χ4v) is 4.81. The maximum Gasteiger partial charge on any atom is 0.236 e. The van der Waals surface area contributed by atoms with Gasteiger partial charge >= 0.3 is 0 Å². The molecule has 170 valence electrons. The lowest BCUT2D eigenvalue weighted by Gasteiger charge is -2.43. The molecule has 32 heavy (non-hydrogen) atoms. The highest BCUT2D eigenvalue weighted by atomic mass is 19.1. The number of piperazine rings is 2. The average molecular weight is 439 g/mol. The van der Waals surface area contributed by atoms with Gasteiger partial charge in [0.15, 0.2) is 5.82 Å². The molecule has 8 heteroatoms.